The van der Waals surface area contributed by atoms with Crippen molar-refractivity contribution in [1.82, 2.24) is 4.57 Å². The van der Waals surface area contributed by atoms with E-state index in [4.69, 9.17) is 14.2 Å². The Labute approximate surface area is 223 Å². The molecule has 0 amide bonds. The molecule has 5 nitrogen and oxygen atoms in total. The van der Waals surface area contributed by atoms with Gasteiger partial charge in [0.15, 0.2) is 0 Å². The Morgan fingerprint density at radius 3 is 2.11 bits per heavy atom. The number of hydrogen-bond donors (Lipinski definition) is 1. The molecule has 5 heteroatoms. The van der Waals surface area contributed by atoms with E-state index in [1.165, 1.54) is 0 Å². The van der Waals surface area contributed by atoms with Crippen molar-refractivity contribution in [3.05, 3.63) is 114 Å². The van der Waals surface area contributed by atoms with E-state index < -0.39 is 6.10 Å². The van der Waals surface area contributed by atoms with Crippen LogP contribution in [0.25, 0.3) is 22.2 Å². The predicted molar refractivity (Wildman–Crippen MR) is 152 cm³/mol. The van der Waals surface area contributed by atoms with Crippen LogP contribution in [0.2, 0.25) is 0 Å². The third-order valence-electron chi connectivity index (χ3n) is 6.55. The number of aliphatic hydroxyl groups is 1. The lowest BCUT2D eigenvalue weighted by Gasteiger charge is -2.17. The van der Waals surface area contributed by atoms with Crippen molar-refractivity contribution in [2.24, 2.45) is 0 Å². The lowest BCUT2D eigenvalue weighted by Crippen LogP contribution is -2.24. The van der Waals surface area contributed by atoms with Gasteiger partial charge in [-0.2, -0.15) is 0 Å². The molecule has 5 rings (SSSR count). The van der Waals surface area contributed by atoms with Crippen molar-refractivity contribution < 1.29 is 19.3 Å². The molecule has 4 aromatic carbocycles. The minimum absolute atomic E-state index is 0.198. The van der Waals surface area contributed by atoms with Crippen LogP contribution in [-0.4, -0.2) is 29.0 Å². The summed E-state index contributed by atoms with van der Waals surface area (Å²) < 4.78 is 19.8. The van der Waals surface area contributed by atoms with E-state index in [1.807, 2.05) is 73.7 Å². The zero-order chi connectivity index (χ0) is 26.3. The summed E-state index contributed by atoms with van der Waals surface area (Å²) >= 11 is 0. The maximum absolute atomic E-state index is 11.0. The summed E-state index contributed by atoms with van der Waals surface area (Å²) in [6, 6.07) is 34.0. The van der Waals surface area contributed by atoms with Gasteiger partial charge in [0, 0.05) is 10.9 Å². The number of hydrogen-bond acceptors (Lipinski definition) is 4. The number of rotatable bonds is 11. The van der Waals surface area contributed by atoms with Gasteiger partial charge in [0.25, 0.3) is 0 Å². The molecule has 0 spiro atoms. The summed E-state index contributed by atoms with van der Waals surface area (Å²) in [7, 11) is 0. The van der Waals surface area contributed by atoms with Crippen LogP contribution in [0.3, 0.4) is 0 Å². The van der Waals surface area contributed by atoms with Crippen LogP contribution in [0.5, 0.6) is 17.2 Å². The fourth-order valence-corrected chi connectivity index (χ4v) is 4.74. The second-order valence-electron chi connectivity index (χ2n) is 9.27. The Morgan fingerprint density at radius 2 is 1.39 bits per heavy atom. The largest absolute Gasteiger partial charge is 0.494 e. The monoisotopic (exact) mass is 507 g/mol. The van der Waals surface area contributed by atoms with Crippen molar-refractivity contribution in [2.75, 3.05) is 13.2 Å². The molecular weight excluding hydrogens is 474 g/mol. The Bertz CT molecular complexity index is 1460. The SMILES string of the molecule is CCOc1ccc(-c2c(C)c3cc(OCc4ccccc4)ccc3n2CC(O)COc2ccccc2)cc1. The Kier molecular flexibility index (Phi) is 7.95. The highest BCUT2D eigenvalue weighted by atomic mass is 16.5. The van der Waals surface area contributed by atoms with E-state index in [9.17, 15) is 5.11 Å². The van der Waals surface area contributed by atoms with Crippen molar-refractivity contribution in [3.63, 3.8) is 0 Å². The van der Waals surface area contributed by atoms with Crippen LogP contribution in [0.15, 0.2) is 103 Å². The van der Waals surface area contributed by atoms with E-state index in [2.05, 4.69) is 47.9 Å². The lowest BCUT2D eigenvalue weighted by atomic mass is 10.1. The van der Waals surface area contributed by atoms with E-state index in [0.29, 0.717) is 19.8 Å². The molecule has 1 N–H and O–H groups in total. The van der Waals surface area contributed by atoms with Gasteiger partial charge in [-0.1, -0.05) is 48.5 Å². The van der Waals surface area contributed by atoms with Crippen molar-refractivity contribution in [2.45, 2.75) is 33.1 Å². The van der Waals surface area contributed by atoms with E-state index in [1.54, 1.807) is 0 Å². The van der Waals surface area contributed by atoms with Gasteiger partial charge >= 0.3 is 0 Å². The number of fused-ring (bicyclic) bond motifs is 1. The molecule has 194 valence electrons. The minimum atomic E-state index is -0.694. The molecule has 38 heavy (non-hydrogen) atoms. The number of para-hydroxylation sites is 1. The van der Waals surface area contributed by atoms with E-state index in [0.717, 1.165) is 50.5 Å². The van der Waals surface area contributed by atoms with Crippen molar-refractivity contribution in [1.29, 1.82) is 0 Å². The summed E-state index contributed by atoms with van der Waals surface area (Å²) in [4.78, 5) is 0. The molecule has 0 aliphatic carbocycles. The van der Waals surface area contributed by atoms with Crippen LogP contribution in [-0.2, 0) is 13.2 Å². The molecule has 0 radical (unpaired) electrons. The van der Waals surface area contributed by atoms with Crippen molar-refractivity contribution >= 4 is 10.9 Å². The first kappa shape index (κ1) is 25.4. The topological polar surface area (TPSA) is 52.9 Å². The van der Waals surface area contributed by atoms with Gasteiger partial charge in [0.2, 0.25) is 0 Å². The molecule has 0 saturated carbocycles. The van der Waals surface area contributed by atoms with E-state index in [-0.39, 0.29) is 6.61 Å². The number of aromatic nitrogens is 1. The number of aliphatic hydroxyl groups excluding tert-OH is 1. The summed E-state index contributed by atoms with van der Waals surface area (Å²) in [6.07, 6.45) is -0.694. The number of ether oxygens (including phenoxy) is 3. The van der Waals surface area contributed by atoms with Crippen molar-refractivity contribution in [3.8, 4) is 28.5 Å². The number of aryl methyl sites for hydroxylation is 1. The standard InChI is InChI=1S/C33H33NO4/c1-3-36-29-16-14-26(15-17-29)33-24(2)31-20-30(37-22-25-10-6-4-7-11-25)18-19-32(31)34(33)21-27(35)23-38-28-12-8-5-9-13-28/h4-20,27,35H,3,21-23H2,1-2H3. The van der Waals surface area contributed by atoms with Gasteiger partial charge in [0.1, 0.15) is 36.6 Å². The first-order valence-electron chi connectivity index (χ1n) is 13.0. The van der Waals surface area contributed by atoms with Crippen LogP contribution >= 0.6 is 0 Å². The molecule has 0 aliphatic heterocycles. The van der Waals surface area contributed by atoms with Crippen LogP contribution in [0, 0.1) is 6.92 Å². The summed E-state index contributed by atoms with van der Waals surface area (Å²) in [5.74, 6) is 2.39. The second kappa shape index (κ2) is 11.9. The molecule has 1 unspecified atom stereocenters. The number of nitrogens with zero attached hydrogens (tertiary/aromatic N) is 1. The summed E-state index contributed by atoms with van der Waals surface area (Å²) in [5, 5.41) is 12.1. The maximum Gasteiger partial charge on any atom is 0.120 e. The highest BCUT2D eigenvalue weighted by Gasteiger charge is 2.19. The second-order valence-corrected chi connectivity index (χ2v) is 9.27. The fraction of sp³-hybridized carbons (Fsp3) is 0.212. The van der Waals surface area contributed by atoms with Crippen LogP contribution in [0.1, 0.15) is 18.1 Å². The zero-order valence-electron chi connectivity index (χ0n) is 21.8. The summed E-state index contributed by atoms with van der Waals surface area (Å²) in [6.45, 7) is 5.82. The van der Waals surface area contributed by atoms with E-state index >= 15 is 0 Å². The van der Waals surface area contributed by atoms with Crippen LogP contribution in [0.4, 0.5) is 0 Å². The molecule has 1 atom stereocenters. The first-order valence-corrected chi connectivity index (χ1v) is 13.0. The normalized spacial score (nSPS) is 11.9. The third kappa shape index (κ3) is 5.84. The third-order valence-corrected chi connectivity index (χ3v) is 6.55. The molecule has 0 fully saturated rings. The summed E-state index contributed by atoms with van der Waals surface area (Å²) in [5.41, 5.74) is 5.41. The smallest absolute Gasteiger partial charge is 0.120 e. The molecule has 0 saturated heterocycles. The fourth-order valence-electron chi connectivity index (χ4n) is 4.74. The lowest BCUT2D eigenvalue weighted by molar-refractivity contribution is 0.0939. The molecular formula is C33H33NO4. The highest BCUT2D eigenvalue weighted by molar-refractivity contribution is 5.92. The Balaban J connectivity index is 1.46. The minimum Gasteiger partial charge on any atom is -0.494 e. The molecule has 1 aromatic heterocycles. The molecule has 0 aliphatic rings. The average molecular weight is 508 g/mol. The zero-order valence-corrected chi connectivity index (χ0v) is 21.8. The van der Waals surface area contributed by atoms with Crippen LogP contribution < -0.4 is 14.2 Å². The van der Waals surface area contributed by atoms with Gasteiger partial charge in [-0.3, -0.25) is 0 Å². The average Bonchev–Trinajstić information content (AvgIpc) is 3.23. The molecule has 5 aromatic rings. The van der Waals surface area contributed by atoms with Gasteiger partial charge in [-0.15, -0.1) is 0 Å². The number of benzene rings is 4. The van der Waals surface area contributed by atoms with Gasteiger partial charge < -0.3 is 23.9 Å². The Hall–Kier alpha value is -4.22. The van der Waals surface area contributed by atoms with Gasteiger partial charge in [0.05, 0.1) is 18.8 Å². The first-order chi connectivity index (χ1) is 18.6. The maximum atomic E-state index is 11.0. The molecule has 1 heterocycles. The van der Waals surface area contributed by atoms with Gasteiger partial charge in [-0.25, -0.2) is 0 Å². The quantitative estimate of drug-likeness (QED) is 0.208. The molecule has 0 bridgehead atoms. The van der Waals surface area contributed by atoms with Gasteiger partial charge in [-0.05, 0) is 85.1 Å². The predicted octanol–water partition coefficient (Wildman–Crippen LogP) is 7.03. The highest BCUT2D eigenvalue weighted by Crippen LogP contribution is 2.36. The Morgan fingerprint density at radius 1 is 0.737 bits per heavy atom.